The van der Waals surface area contributed by atoms with E-state index in [0.717, 1.165) is 0 Å². The third-order valence-electron chi connectivity index (χ3n) is 1.86. The molecule has 0 aliphatic rings. The maximum absolute atomic E-state index is 13.1. The molecule has 0 spiro atoms. The predicted molar refractivity (Wildman–Crippen MR) is 45.1 cm³/mol. The standard InChI is InChI=1S/C8H3F3N2O2/c9-2-1-3-6(5(11)4(2)10)13-8(15)7(14)12-3/h1H,(H,12,14)(H,13,15). The van der Waals surface area contributed by atoms with Crippen molar-refractivity contribution in [3.63, 3.8) is 0 Å². The number of aromatic nitrogens is 2. The van der Waals surface area contributed by atoms with E-state index in [9.17, 15) is 22.8 Å². The Labute approximate surface area is 79.4 Å². The second-order valence-corrected chi connectivity index (χ2v) is 2.82. The molecule has 7 heteroatoms. The number of halogens is 3. The average molecular weight is 216 g/mol. The zero-order chi connectivity index (χ0) is 11.2. The molecule has 0 aliphatic heterocycles. The lowest BCUT2D eigenvalue weighted by Crippen LogP contribution is -2.29. The molecule has 2 rings (SSSR count). The van der Waals surface area contributed by atoms with Gasteiger partial charge in [-0.15, -0.1) is 0 Å². The molecule has 0 radical (unpaired) electrons. The number of hydrogen-bond donors (Lipinski definition) is 2. The van der Waals surface area contributed by atoms with Crippen LogP contribution in [0.2, 0.25) is 0 Å². The highest BCUT2D eigenvalue weighted by atomic mass is 19.2. The van der Waals surface area contributed by atoms with E-state index in [4.69, 9.17) is 0 Å². The summed E-state index contributed by atoms with van der Waals surface area (Å²) in [7, 11) is 0. The number of rotatable bonds is 0. The van der Waals surface area contributed by atoms with Crippen molar-refractivity contribution in [3.05, 3.63) is 44.2 Å². The summed E-state index contributed by atoms with van der Waals surface area (Å²) in [6, 6.07) is 0.588. The molecular weight excluding hydrogens is 213 g/mol. The summed E-state index contributed by atoms with van der Waals surface area (Å²) >= 11 is 0. The topological polar surface area (TPSA) is 65.7 Å². The third kappa shape index (κ3) is 1.32. The molecule has 0 amide bonds. The highest BCUT2D eigenvalue weighted by Crippen LogP contribution is 2.17. The lowest BCUT2D eigenvalue weighted by Gasteiger charge is -2.00. The van der Waals surface area contributed by atoms with E-state index < -0.39 is 34.1 Å². The van der Waals surface area contributed by atoms with E-state index >= 15 is 0 Å². The lowest BCUT2D eigenvalue weighted by molar-refractivity contribution is 0.452. The number of H-pyrrole nitrogens is 2. The summed E-state index contributed by atoms with van der Waals surface area (Å²) in [6.07, 6.45) is 0. The van der Waals surface area contributed by atoms with E-state index in [1.807, 2.05) is 9.97 Å². The number of hydrogen-bond acceptors (Lipinski definition) is 2. The van der Waals surface area contributed by atoms with Crippen LogP contribution in [0, 0.1) is 17.5 Å². The van der Waals surface area contributed by atoms with Crippen LogP contribution in [0.5, 0.6) is 0 Å². The van der Waals surface area contributed by atoms with Crippen molar-refractivity contribution < 1.29 is 13.2 Å². The fraction of sp³-hybridized carbons (Fsp3) is 0. The Hall–Kier alpha value is -2.05. The Morgan fingerprint density at radius 2 is 1.53 bits per heavy atom. The van der Waals surface area contributed by atoms with Crippen molar-refractivity contribution in [2.24, 2.45) is 0 Å². The van der Waals surface area contributed by atoms with Crippen LogP contribution in [0.1, 0.15) is 0 Å². The summed E-state index contributed by atoms with van der Waals surface area (Å²) < 4.78 is 38.5. The first-order valence-electron chi connectivity index (χ1n) is 3.80. The summed E-state index contributed by atoms with van der Waals surface area (Å²) in [5.41, 5.74) is -3.07. The normalized spacial score (nSPS) is 10.9. The van der Waals surface area contributed by atoms with Gasteiger partial charge in [-0.05, 0) is 0 Å². The molecule has 0 aliphatic carbocycles. The van der Waals surface area contributed by atoms with Gasteiger partial charge in [-0.1, -0.05) is 0 Å². The number of nitrogens with one attached hydrogen (secondary N) is 2. The average Bonchev–Trinajstić information content (AvgIpc) is 2.19. The Morgan fingerprint density at radius 1 is 0.933 bits per heavy atom. The van der Waals surface area contributed by atoms with E-state index in [1.165, 1.54) is 0 Å². The van der Waals surface area contributed by atoms with Crippen LogP contribution < -0.4 is 11.1 Å². The van der Waals surface area contributed by atoms with Gasteiger partial charge in [0.2, 0.25) is 0 Å². The van der Waals surface area contributed by atoms with Gasteiger partial charge in [0.15, 0.2) is 17.5 Å². The van der Waals surface area contributed by atoms with Gasteiger partial charge < -0.3 is 9.97 Å². The highest BCUT2D eigenvalue weighted by Gasteiger charge is 2.15. The van der Waals surface area contributed by atoms with Crippen LogP contribution in [0.25, 0.3) is 11.0 Å². The first kappa shape index (κ1) is 9.50. The summed E-state index contributed by atoms with van der Waals surface area (Å²) in [5.74, 6) is -4.69. The fourth-order valence-electron chi connectivity index (χ4n) is 1.17. The lowest BCUT2D eigenvalue weighted by atomic mass is 10.2. The molecule has 1 aromatic carbocycles. The van der Waals surface area contributed by atoms with Gasteiger partial charge in [-0.3, -0.25) is 9.59 Å². The quantitative estimate of drug-likeness (QED) is 0.501. The van der Waals surface area contributed by atoms with E-state index in [1.54, 1.807) is 0 Å². The van der Waals surface area contributed by atoms with Gasteiger partial charge >= 0.3 is 11.1 Å². The van der Waals surface area contributed by atoms with Crippen LogP contribution in [-0.4, -0.2) is 9.97 Å². The number of benzene rings is 1. The van der Waals surface area contributed by atoms with Crippen LogP contribution in [0.3, 0.4) is 0 Å². The molecule has 0 saturated heterocycles. The Balaban J connectivity index is 3.06. The van der Waals surface area contributed by atoms with Crippen LogP contribution in [-0.2, 0) is 0 Å². The van der Waals surface area contributed by atoms with Crippen molar-refractivity contribution in [1.82, 2.24) is 9.97 Å². The SMILES string of the molecule is O=c1[nH]c2cc(F)c(F)c(F)c2[nH]c1=O. The fourth-order valence-corrected chi connectivity index (χ4v) is 1.17. The number of aromatic amines is 2. The largest absolute Gasteiger partial charge is 0.316 e. The van der Waals surface area contributed by atoms with Gasteiger partial charge in [0.25, 0.3) is 0 Å². The maximum Gasteiger partial charge on any atom is 0.314 e. The Bertz CT molecular complexity index is 659. The van der Waals surface area contributed by atoms with Gasteiger partial charge in [0.05, 0.1) is 5.52 Å². The molecule has 0 unspecified atom stereocenters. The molecular formula is C8H3F3N2O2. The summed E-state index contributed by atoms with van der Waals surface area (Å²) in [6.45, 7) is 0. The van der Waals surface area contributed by atoms with Crippen molar-refractivity contribution in [2.75, 3.05) is 0 Å². The minimum Gasteiger partial charge on any atom is -0.316 e. The molecule has 1 heterocycles. The van der Waals surface area contributed by atoms with Gasteiger partial charge in [0, 0.05) is 6.07 Å². The Morgan fingerprint density at radius 3 is 2.20 bits per heavy atom. The molecule has 15 heavy (non-hydrogen) atoms. The molecule has 2 aromatic rings. The maximum atomic E-state index is 13.1. The minimum absolute atomic E-state index is 0.309. The highest BCUT2D eigenvalue weighted by molar-refractivity contribution is 5.74. The summed E-state index contributed by atoms with van der Waals surface area (Å²) in [4.78, 5) is 25.3. The second-order valence-electron chi connectivity index (χ2n) is 2.82. The van der Waals surface area contributed by atoms with Crippen LogP contribution in [0.15, 0.2) is 15.7 Å². The summed E-state index contributed by atoms with van der Waals surface area (Å²) in [5, 5.41) is 0. The van der Waals surface area contributed by atoms with E-state index in [-0.39, 0.29) is 5.52 Å². The Kier molecular flexibility index (Phi) is 1.88. The first-order chi connectivity index (χ1) is 7.00. The predicted octanol–water partition coefficient (Wildman–Crippen LogP) is 0.634. The van der Waals surface area contributed by atoms with Gasteiger partial charge in [-0.2, -0.15) is 0 Å². The number of fused-ring (bicyclic) bond motifs is 1. The van der Waals surface area contributed by atoms with Gasteiger partial charge in [-0.25, -0.2) is 13.2 Å². The molecule has 0 bridgehead atoms. The van der Waals surface area contributed by atoms with Crippen LogP contribution >= 0.6 is 0 Å². The van der Waals surface area contributed by atoms with Crippen molar-refractivity contribution in [2.45, 2.75) is 0 Å². The van der Waals surface area contributed by atoms with Crippen LogP contribution in [0.4, 0.5) is 13.2 Å². The van der Waals surface area contributed by atoms with Crippen molar-refractivity contribution >= 4 is 11.0 Å². The van der Waals surface area contributed by atoms with E-state index in [0.29, 0.717) is 6.07 Å². The third-order valence-corrected chi connectivity index (χ3v) is 1.86. The molecule has 78 valence electrons. The van der Waals surface area contributed by atoms with Gasteiger partial charge in [0.1, 0.15) is 5.52 Å². The molecule has 0 saturated carbocycles. The van der Waals surface area contributed by atoms with E-state index in [2.05, 4.69) is 0 Å². The smallest absolute Gasteiger partial charge is 0.314 e. The molecule has 0 fully saturated rings. The van der Waals surface area contributed by atoms with Crippen molar-refractivity contribution in [1.29, 1.82) is 0 Å². The monoisotopic (exact) mass is 216 g/mol. The first-order valence-corrected chi connectivity index (χ1v) is 3.80. The molecule has 2 N–H and O–H groups in total. The second kappa shape index (κ2) is 2.97. The molecule has 1 aromatic heterocycles. The zero-order valence-electron chi connectivity index (χ0n) is 7.03. The zero-order valence-corrected chi connectivity index (χ0v) is 7.03. The minimum atomic E-state index is -1.70. The van der Waals surface area contributed by atoms with Crippen molar-refractivity contribution in [3.8, 4) is 0 Å². The molecule has 0 atom stereocenters. The molecule has 4 nitrogen and oxygen atoms in total.